The van der Waals surface area contributed by atoms with Gasteiger partial charge in [-0.25, -0.2) is 9.36 Å². The molecule has 6 nitrogen and oxygen atoms in total. The van der Waals surface area contributed by atoms with Crippen LogP contribution in [0, 0.1) is 0 Å². The molecule has 0 aromatic carbocycles. The van der Waals surface area contributed by atoms with E-state index in [1.165, 1.54) is 4.90 Å². The van der Waals surface area contributed by atoms with Gasteiger partial charge < -0.3 is 9.42 Å². The van der Waals surface area contributed by atoms with Crippen LogP contribution < -0.4 is 0 Å². The molecule has 0 aliphatic heterocycles. The lowest BCUT2D eigenvalue weighted by atomic mass is 10.6. The van der Waals surface area contributed by atoms with E-state index in [-0.39, 0.29) is 13.2 Å². The lowest BCUT2D eigenvalue weighted by Gasteiger charge is -2.21. The summed E-state index contributed by atoms with van der Waals surface area (Å²) < 4.78 is 26.3. The largest absolute Gasteiger partial charge is 0.533 e. The second-order valence-electron chi connectivity index (χ2n) is 2.81. The SMILES string of the molecule is CCOP(=O)(OCC)OC(=O)N(CC)CC. The van der Waals surface area contributed by atoms with Crippen LogP contribution in [0.3, 0.4) is 0 Å². The Morgan fingerprint density at radius 3 is 1.81 bits per heavy atom. The Morgan fingerprint density at radius 2 is 1.50 bits per heavy atom. The molecule has 0 fully saturated rings. The molecule has 0 saturated carbocycles. The number of amides is 1. The number of nitrogens with zero attached hydrogens (tertiary/aromatic N) is 1. The van der Waals surface area contributed by atoms with E-state index >= 15 is 0 Å². The fraction of sp³-hybridized carbons (Fsp3) is 0.889. The summed E-state index contributed by atoms with van der Waals surface area (Å²) in [4.78, 5) is 12.9. The summed E-state index contributed by atoms with van der Waals surface area (Å²) in [7, 11) is -3.75. The van der Waals surface area contributed by atoms with Gasteiger partial charge in [0.25, 0.3) is 0 Å². The van der Waals surface area contributed by atoms with Gasteiger partial charge in [-0.2, -0.15) is 0 Å². The molecule has 0 atom stereocenters. The van der Waals surface area contributed by atoms with E-state index in [0.29, 0.717) is 13.1 Å². The normalized spacial score (nSPS) is 11.2. The molecule has 16 heavy (non-hydrogen) atoms. The van der Waals surface area contributed by atoms with E-state index in [0.717, 1.165) is 0 Å². The molecule has 0 aromatic heterocycles. The van der Waals surface area contributed by atoms with Gasteiger partial charge in [0.05, 0.1) is 13.2 Å². The monoisotopic (exact) mass is 253 g/mol. The zero-order valence-corrected chi connectivity index (χ0v) is 11.2. The zero-order valence-electron chi connectivity index (χ0n) is 10.3. The maximum absolute atomic E-state index is 11.8. The van der Waals surface area contributed by atoms with Crippen molar-refractivity contribution in [1.29, 1.82) is 0 Å². The predicted molar refractivity (Wildman–Crippen MR) is 60.3 cm³/mol. The Morgan fingerprint density at radius 1 is 1.06 bits per heavy atom. The van der Waals surface area contributed by atoms with Crippen LogP contribution in [0.25, 0.3) is 0 Å². The van der Waals surface area contributed by atoms with Gasteiger partial charge in [-0.05, 0) is 27.7 Å². The molecule has 0 unspecified atom stereocenters. The fourth-order valence-corrected chi connectivity index (χ4v) is 2.16. The highest BCUT2D eigenvalue weighted by molar-refractivity contribution is 7.49. The van der Waals surface area contributed by atoms with Crippen LogP contribution in [0.1, 0.15) is 27.7 Å². The number of rotatable bonds is 7. The van der Waals surface area contributed by atoms with Gasteiger partial charge in [-0.3, -0.25) is 9.05 Å². The lowest BCUT2D eigenvalue weighted by molar-refractivity contribution is 0.109. The van der Waals surface area contributed by atoms with Crippen LogP contribution in [0.5, 0.6) is 0 Å². The topological polar surface area (TPSA) is 65.1 Å². The van der Waals surface area contributed by atoms with Gasteiger partial charge in [-0.15, -0.1) is 0 Å². The Bertz CT molecular complexity index is 244. The molecule has 0 rings (SSSR count). The molecule has 0 bridgehead atoms. The average Bonchev–Trinajstić information content (AvgIpc) is 2.19. The molecule has 7 heteroatoms. The number of hydrogen-bond acceptors (Lipinski definition) is 5. The summed E-state index contributed by atoms with van der Waals surface area (Å²) >= 11 is 0. The highest BCUT2D eigenvalue weighted by Crippen LogP contribution is 2.49. The third kappa shape index (κ3) is 4.96. The quantitative estimate of drug-likeness (QED) is 0.652. The molecule has 0 radical (unpaired) electrons. The van der Waals surface area contributed by atoms with Crippen LogP contribution in [0.2, 0.25) is 0 Å². The molecular formula is C9H20NO5P. The van der Waals surface area contributed by atoms with Crippen LogP contribution in [0.15, 0.2) is 0 Å². The molecule has 96 valence electrons. The first-order valence-corrected chi connectivity index (χ1v) is 6.86. The molecule has 0 aliphatic carbocycles. The second-order valence-corrected chi connectivity index (χ2v) is 4.41. The number of hydrogen-bond donors (Lipinski definition) is 0. The molecular weight excluding hydrogens is 233 g/mol. The van der Waals surface area contributed by atoms with E-state index in [1.54, 1.807) is 27.7 Å². The summed E-state index contributed by atoms with van der Waals surface area (Å²) in [6, 6.07) is 0. The Kier molecular flexibility index (Phi) is 7.38. The molecule has 0 aromatic rings. The van der Waals surface area contributed by atoms with E-state index in [9.17, 15) is 9.36 Å². The maximum atomic E-state index is 11.8. The highest BCUT2D eigenvalue weighted by atomic mass is 31.2. The van der Waals surface area contributed by atoms with Gasteiger partial charge in [0.15, 0.2) is 0 Å². The van der Waals surface area contributed by atoms with Gasteiger partial charge in [0.2, 0.25) is 0 Å². The van der Waals surface area contributed by atoms with Gasteiger partial charge in [0.1, 0.15) is 0 Å². The van der Waals surface area contributed by atoms with E-state index in [2.05, 4.69) is 0 Å². The summed E-state index contributed by atoms with van der Waals surface area (Å²) in [6.45, 7) is 8.18. The van der Waals surface area contributed by atoms with Crippen LogP contribution in [-0.4, -0.2) is 37.3 Å². The van der Waals surface area contributed by atoms with E-state index in [4.69, 9.17) is 13.6 Å². The van der Waals surface area contributed by atoms with Gasteiger partial charge in [0, 0.05) is 13.1 Å². The van der Waals surface area contributed by atoms with Crippen molar-refractivity contribution in [3.8, 4) is 0 Å². The van der Waals surface area contributed by atoms with Crippen molar-refractivity contribution in [3.05, 3.63) is 0 Å². The molecule has 0 heterocycles. The third-order valence-corrected chi connectivity index (χ3v) is 3.31. The first kappa shape index (κ1) is 15.4. The number of phosphoric ester groups is 1. The Labute approximate surface area is 96.5 Å². The molecule has 0 N–H and O–H groups in total. The second kappa shape index (κ2) is 7.65. The predicted octanol–water partition coefficient (Wildman–Crippen LogP) is 2.65. The minimum absolute atomic E-state index is 0.156. The summed E-state index contributed by atoms with van der Waals surface area (Å²) in [5.74, 6) is 0. The average molecular weight is 253 g/mol. The van der Waals surface area contributed by atoms with Crippen molar-refractivity contribution in [2.24, 2.45) is 0 Å². The van der Waals surface area contributed by atoms with Crippen molar-refractivity contribution in [3.63, 3.8) is 0 Å². The standard InChI is InChI=1S/C9H20NO5P/c1-5-10(6-2)9(11)15-16(12,13-7-3)14-8-4/h5-8H2,1-4H3. The molecule has 1 amide bonds. The van der Waals surface area contributed by atoms with Crippen LogP contribution in [0.4, 0.5) is 4.79 Å². The van der Waals surface area contributed by atoms with Crippen LogP contribution >= 0.6 is 7.82 Å². The first-order chi connectivity index (χ1) is 7.52. The van der Waals surface area contributed by atoms with Gasteiger partial charge in [-0.1, -0.05) is 0 Å². The molecule has 0 aliphatic rings. The van der Waals surface area contributed by atoms with Crippen molar-refractivity contribution in [2.75, 3.05) is 26.3 Å². The molecule has 0 spiro atoms. The first-order valence-electron chi connectivity index (χ1n) is 5.40. The highest BCUT2D eigenvalue weighted by Gasteiger charge is 2.31. The van der Waals surface area contributed by atoms with Crippen molar-refractivity contribution in [2.45, 2.75) is 27.7 Å². The zero-order chi connectivity index (χ0) is 12.6. The van der Waals surface area contributed by atoms with Gasteiger partial charge >= 0.3 is 13.9 Å². The molecule has 0 saturated heterocycles. The van der Waals surface area contributed by atoms with Crippen LogP contribution in [-0.2, 0) is 18.1 Å². The summed E-state index contributed by atoms with van der Waals surface area (Å²) in [5, 5.41) is 0. The van der Waals surface area contributed by atoms with E-state index in [1.807, 2.05) is 0 Å². The minimum Gasteiger partial charge on any atom is -0.353 e. The number of carbonyl (C=O) groups excluding carboxylic acids is 1. The maximum Gasteiger partial charge on any atom is 0.533 e. The van der Waals surface area contributed by atoms with Crippen molar-refractivity contribution in [1.82, 2.24) is 4.90 Å². The summed E-state index contributed by atoms with van der Waals surface area (Å²) in [5.41, 5.74) is 0. The lowest BCUT2D eigenvalue weighted by Crippen LogP contribution is -2.30. The van der Waals surface area contributed by atoms with Crippen molar-refractivity contribution >= 4 is 13.9 Å². The Balaban J connectivity index is 4.50. The third-order valence-electron chi connectivity index (χ3n) is 1.79. The minimum atomic E-state index is -3.75. The fourth-order valence-electron chi connectivity index (χ4n) is 1.04. The number of carbonyl (C=O) groups is 1. The smallest absolute Gasteiger partial charge is 0.353 e. The van der Waals surface area contributed by atoms with Crippen molar-refractivity contribution < 1.29 is 22.9 Å². The summed E-state index contributed by atoms with van der Waals surface area (Å²) in [6.07, 6.45) is -0.685. The van der Waals surface area contributed by atoms with E-state index < -0.39 is 13.9 Å². The Hall–Kier alpha value is -0.580. The number of phosphoric acid groups is 1.